The van der Waals surface area contributed by atoms with Crippen LogP contribution in [0, 0.1) is 13.8 Å². The second-order valence-electron chi connectivity index (χ2n) is 6.18. The maximum absolute atomic E-state index is 12.8. The van der Waals surface area contributed by atoms with Crippen LogP contribution in [0.3, 0.4) is 0 Å². The molecule has 0 aliphatic carbocycles. The lowest BCUT2D eigenvalue weighted by Gasteiger charge is -2.11. The van der Waals surface area contributed by atoms with Crippen molar-refractivity contribution in [2.75, 3.05) is 12.4 Å². The summed E-state index contributed by atoms with van der Waals surface area (Å²) in [5.41, 5.74) is 2.28. The summed E-state index contributed by atoms with van der Waals surface area (Å²) in [4.78, 5) is 19.7. The van der Waals surface area contributed by atoms with Gasteiger partial charge >= 0.3 is 6.18 Å². The number of nitrogens with zero attached hydrogens (tertiary/aromatic N) is 4. The molecule has 7 nitrogen and oxygen atoms in total. The van der Waals surface area contributed by atoms with Crippen molar-refractivity contribution in [2.24, 2.45) is 0 Å². The number of aromatic nitrogens is 4. The average Bonchev–Trinajstić information content (AvgIpc) is 3.07. The Bertz CT molecular complexity index is 1010. The van der Waals surface area contributed by atoms with Crippen molar-refractivity contribution in [1.29, 1.82) is 0 Å². The zero-order valence-electron chi connectivity index (χ0n) is 15.5. The zero-order chi connectivity index (χ0) is 20.5. The molecule has 0 unspecified atom stereocenters. The van der Waals surface area contributed by atoms with E-state index in [0.717, 1.165) is 4.52 Å². The normalized spacial score (nSPS) is 11.6. The van der Waals surface area contributed by atoms with Crippen LogP contribution in [0.4, 0.5) is 18.9 Å². The van der Waals surface area contributed by atoms with E-state index in [1.807, 2.05) is 0 Å². The number of halogens is 3. The number of hydrogen-bond donors (Lipinski definition) is 1. The zero-order valence-corrected chi connectivity index (χ0v) is 15.5. The van der Waals surface area contributed by atoms with Crippen LogP contribution >= 0.6 is 0 Å². The Hall–Kier alpha value is -3.17. The SMILES string of the molecule is COc1ccc(NC(=O)CCc2c(C)nc3nc(C(F)(F)F)nn3c2C)cc1. The van der Waals surface area contributed by atoms with E-state index in [9.17, 15) is 18.0 Å². The van der Waals surface area contributed by atoms with Crippen LogP contribution in [0.15, 0.2) is 24.3 Å². The molecule has 1 amide bonds. The monoisotopic (exact) mass is 393 g/mol. The molecule has 0 bridgehead atoms. The maximum atomic E-state index is 12.8. The number of anilines is 1. The van der Waals surface area contributed by atoms with Crippen molar-refractivity contribution in [3.05, 3.63) is 47.0 Å². The lowest BCUT2D eigenvalue weighted by Crippen LogP contribution is -2.14. The summed E-state index contributed by atoms with van der Waals surface area (Å²) in [6, 6.07) is 6.89. The topological polar surface area (TPSA) is 81.4 Å². The van der Waals surface area contributed by atoms with Crippen molar-refractivity contribution < 1.29 is 22.7 Å². The van der Waals surface area contributed by atoms with Gasteiger partial charge in [-0.3, -0.25) is 4.79 Å². The number of carbonyl (C=O) groups is 1. The van der Waals surface area contributed by atoms with Gasteiger partial charge in [0.25, 0.3) is 11.6 Å². The van der Waals surface area contributed by atoms with Crippen LogP contribution in [0.1, 0.15) is 29.2 Å². The van der Waals surface area contributed by atoms with Crippen molar-refractivity contribution in [1.82, 2.24) is 19.6 Å². The fraction of sp³-hybridized carbons (Fsp3) is 0.333. The van der Waals surface area contributed by atoms with Crippen molar-refractivity contribution in [3.63, 3.8) is 0 Å². The molecule has 0 spiro atoms. The first-order chi connectivity index (χ1) is 13.2. The summed E-state index contributed by atoms with van der Waals surface area (Å²) in [5, 5.41) is 6.27. The number of ether oxygens (including phenoxy) is 1. The van der Waals surface area contributed by atoms with Gasteiger partial charge in [0, 0.05) is 23.5 Å². The molecule has 0 saturated carbocycles. The van der Waals surface area contributed by atoms with Gasteiger partial charge in [-0.2, -0.15) is 18.2 Å². The second-order valence-corrected chi connectivity index (χ2v) is 6.18. The molecule has 148 valence electrons. The molecular weight excluding hydrogens is 375 g/mol. The summed E-state index contributed by atoms with van der Waals surface area (Å²) in [6.07, 6.45) is -4.20. The van der Waals surface area contributed by atoms with Crippen LogP contribution in [0.25, 0.3) is 5.78 Å². The molecule has 0 aliphatic rings. The summed E-state index contributed by atoms with van der Waals surface area (Å²) in [7, 11) is 1.55. The number of amides is 1. The second kappa shape index (κ2) is 7.45. The van der Waals surface area contributed by atoms with Gasteiger partial charge in [0.2, 0.25) is 5.91 Å². The first-order valence-corrected chi connectivity index (χ1v) is 8.43. The quantitative estimate of drug-likeness (QED) is 0.719. The molecule has 1 aromatic carbocycles. The Labute approximate surface area is 158 Å². The van der Waals surface area contributed by atoms with Gasteiger partial charge in [-0.25, -0.2) is 9.50 Å². The third-order valence-corrected chi connectivity index (χ3v) is 4.28. The van der Waals surface area contributed by atoms with Gasteiger partial charge < -0.3 is 10.1 Å². The van der Waals surface area contributed by atoms with Gasteiger partial charge in [-0.1, -0.05) is 0 Å². The molecule has 3 aromatic rings. The standard InChI is InChI=1S/C18H18F3N5O2/c1-10-14(8-9-15(27)23-12-4-6-13(28-3)7-5-12)11(2)26-17(22-10)24-16(25-26)18(19,20)21/h4-7H,8-9H2,1-3H3,(H,23,27). The van der Waals surface area contributed by atoms with Crippen molar-refractivity contribution in [2.45, 2.75) is 32.9 Å². The molecule has 3 rings (SSSR count). The summed E-state index contributed by atoms with van der Waals surface area (Å²) in [6.45, 7) is 3.30. The van der Waals surface area contributed by atoms with Crippen LogP contribution in [-0.4, -0.2) is 32.6 Å². The van der Waals surface area contributed by atoms with E-state index in [2.05, 4.69) is 20.4 Å². The van der Waals surface area contributed by atoms with E-state index >= 15 is 0 Å². The van der Waals surface area contributed by atoms with Crippen LogP contribution in [0.5, 0.6) is 5.75 Å². The van der Waals surface area contributed by atoms with E-state index in [1.165, 1.54) is 0 Å². The van der Waals surface area contributed by atoms with E-state index in [1.54, 1.807) is 45.2 Å². The predicted molar refractivity (Wildman–Crippen MR) is 95.2 cm³/mol. The highest BCUT2D eigenvalue weighted by Crippen LogP contribution is 2.27. The number of nitrogens with one attached hydrogen (secondary N) is 1. The molecule has 0 atom stereocenters. The molecule has 0 radical (unpaired) electrons. The minimum atomic E-state index is -4.65. The highest BCUT2D eigenvalue weighted by molar-refractivity contribution is 5.90. The molecule has 1 N–H and O–H groups in total. The van der Waals surface area contributed by atoms with Crippen molar-refractivity contribution >= 4 is 17.4 Å². The third-order valence-electron chi connectivity index (χ3n) is 4.28. The van der Waals surface area contributed by atoms with Gasteiger partial charge in [0.05, 0.1) is 7.11 Å². The number of benzene rings is 1. The summed E-state index contributed by atoms with van der Waals surface area (Å²) >= 11 is 0. The summed E-state index contributed by atoms with van der Waals surface area (Å²) in [5.74, 6) is -0.904. The molecule has 28 heavy (non-hydrogen) atoms. The van der Waals surface area contributed by atoms with E-state index in [0.29, 0.717) is 34.8 Å². The largest absolute Gasteiger partial charge is 0.497 e. The van der Waals surface area contributed by atoms with E-state index in [4.69, 9.17) is 4.74 Å². The molecule has 0 aliphatic heterocycles. The molecule has 10 heteroatoms. The fourth-order valence-electron chi connectivity index (χ4n) is 2.83. The number of carbonyl (C=O) groups excluding carboxylic acids is 1. The van der Waals surface area contributed by atoms with Gasteiger partial charge in [-0.15, -0.1) is 5.10 Å². The molecule has 0 saturated heterocycles. The number of alkyl halides is 3. The average molecular weight is 393 g/mol. The number of hydrogen-bond acceptors (Lipinski definition) is 5. The van der Waals surface area contributed by atoms with Gasteiger partial charge in [0.1, 0.15) is 5.75 Å². The van der Waals surface area contributed by atoms with E-state index in [-0.39, 0.29) is 18.1 Å². The Balaban J connectivity index is 1.75. The molecule has 2 aromatic heterocycles. The Morgan fingerprint density at radius 2 is 1.86 bits per heavy atom. The fourth-order valence-corrected chi connectivity index (χ4v) is 2.83. The predicted octanol–water partition coefficient (Wildman–Crippen LogP) is 3.34. The first kappa shape index (κ1) is 19.6. The smallest absolute Gasteiger partial charge is 0.453 e. The first-order valence-electron chi connectivity index (χ1n) is 8.43. The molecular formula is C18H18F3N5O2. The minimum absolute atomic E-state index is 0.117. The third kappa shape index (κ3) is 4.05. The van der Waals surface area contributed by atoms with Crippen LogP contribution in [0.2, 0.25) is 0 Å². The Kier molecular flexibility index (Phi) is 5.21. The maximum Gasteiger partial charge on any atom is 0.453 e. The number of fused-ring (bicyclic) bond motifs is 1. The van der Waals surface area contributed by atoms with E-state index < -0.39 is 12.0 Å². The lowest BCUT2D eigenvalue weighted by molar-refractivity contribution is -0.144. The van der Waals surface area contributed by atoms with Gasteiger partial charge in [-0.05, 0) is 50.1 Å². The highest BCUT2D eigenvalue weighted by atomic mass is 19.4. The number of aryl methyl sites for hydroxylation is 2. The number of rotatable bonds is 5. The number of methoxy groups -OCH3 is 1. The Morgan fingerprint density at radius 1 is 1.18 bits per heavy atom. The summed E-state index contributed by atoms with van der Waals surface area (Å²) < 4.78 is 44.6. The van der Waals surface area contributed by atoms with Crippen LogP contribution < -0.4 is 10.1 Å². The van der Waals surface area contributed by atoms with Crippen molar-refractivity contribution in [3.8, 4) is 5.75 Å². The van der Waals surface area contributed by atoms with Crippen LogP contribution in [-0.2, 0) is 17.4 Å². The minimum Gasteiger partial charge on any atom is -0.497 e. The molecule has 2 heterocycles. The highest BCUT2D eigenvalue weighted by Gasteiger charge is 2.36. The lowest BCUT2D eigenvalue weighted by atomic mass is 10.1. The van der Waals surface area contributed by atoms with Gasteiger partial charge in [0.15, 0.2) is 0 Å². The molecule has 0 fully saturated rings. The Morgan fingerprint density at radius 3 is 2.46 bits per heavy atom.